The zero-order valence-corrected chi connectivity index (χ0v) is 14.5. The predicted molar refractivity (Wildman–Crippen MR) is 95.6 cm³/mol. The maximum absolute atomic E-state index is 12.7. The first-order chi connectivity index (χ1) is 12.5. The molecule has 3 rings (SSSR count). The molecule has 0 heterocycles. The average Bonchev–Trinajstić information content (AvgIpc) is 3.42. The molecule has 2 aromatic carbocycles. The monoisotopic (exact) mass is 355 g/mol. The summed E-state index contributed by atoms with van der Waals surface area (Å²) in [5, 5.41) is 11.9. The molecule has 0 spiro atoms. The van der Waals surface area contributed by atoms with Crippen LogP contribution in [0.4, 0.5) is 0 Å². The van der Waals surface area contributed by atoms with E-state index in [0.717, 1.165) is 18.4 Å². The first-order valence-corrected chi connectivity index (χ1v) is 8.53. The van der Waals surface area contributed by atoms with Gasteiger partial charge in [0.05, 0.1) is 12.1 Å². The van der Waals surface area contributed by atoms with Gasteiger partial charge in [0.15, 0.2) is 18.1 Å². The van der Waals surface area contributed by atoms with E-state index in [2.05, 4.69) is 5.32 Å². The van der Waals surface area contributed by atoms with Crippen LogP contribution in [0.25, 0.3) is 0 Å². The zero-order valence-electron chi connectivity index (χ0n) is 14.5. The Bertz CT molecular complexity index is 799. The molecule has 26 heavy (non-hydrogen) atoms. The van der Waals surface area contributed by atoms with E-state index in [1.54, 1.807) is 18.2 Å². The third-order valence-electron chi connectivity index (χ3n) is 4.29. The molecule has 136 valence electrons. The third kappa shape index (κ3) is 3.96. The van der Waals surface area contributed by atoms with Crippen molar-refractivity contribution in [2.45, 2.75) is 25.3 Å². The molecule has 1 amide bonds. The van der Waals surface area contributed by atoms with Gasteiger partial charge < -0.3 is 19.9 Å². The highest BCUT2D eigenvalue weighted by Crippen LogP contribution is 2.45. The highest BCUT2D eigenvalue weighted by atomic mass is 16.5. The Morgan fingerprint density at radius 2 is 1.81 bits per heavy atom. The van der Waals surface area contributed by atoms with Gasteiger partial charge in [-0.2, -0.15) is 0 Å². The van der Waals surface area contributed by atoms with Crippen LogP contribution in [-0.2, 0) is 10.3 Å². The molecule has 0 bridgehead atoms. The Hall–Kier alpha value is -3.02. The molecule has 0 unspecified atom stereocenters. The van der Waals surface area contributed by atoms with Gasteiger partial charge in [0, 0.05) is 5.56 Å². The van der Waals surface area contributed by atoms with E-state index in [-0.39, 0.29) is 11.4 Å². The first-order valence-electron chi connectivity index (χ1n) is 8.53. The second-order valence-electron chi connectivity index (χ2n) is 6.18. The second kappa shape index (κ2) is 7.47. The number of carboxylic acids is 1. The van der Waals surface area contributed by atoms with Crippen LogP contribution in [-0.4, -0.2) is 30.2 Å². The molecule has 1 saturated carbocycles. The van der Waals surface area contributed by atoms with Crippen molar-refractivity contribution in [1.82, 2.24) is 5.32 Å². The fourth-order valence-corrected chi connectivity index (χ4v) is 2.83. The van der Waals surface area contributed by atoms with Crippen molar-refractivity contribution in [3.63, 3.8) is 0 Å². The number of carboxylic acid groups (broad SMARTS) is 1. The lowest BCUT2D eigenvalue weighted by atomic mass is 10.0. The summed E-state index contributed by atoms with van der Waals surface area (Å²) in [5.74, 6) is -0.620. The van der Waals surface area contributed by atoms with Crippen molar-refractivity contribution in [3.8, 4) is 11.5 Å². The molecular weight excluding hydrogens is 334 g/mol. The molecular formula is C20H21NO5. The number of benzene rings is 2. The van der Waals surface area contributed by atoms with Gasteiger partial charge in [-0.05, 0) is 43.5 Å². The van der Waals surface area contributed by atoms with E-state index < -0.39 is 12.6 Å². The molecule has 6 nitrogen and oxygen atoms in total. The third-order valence-corrected chi connectivity index (χ3v) is 4.29. The molecule has 0 saturated heterocycles. The number of carbonyl (C=O) groups is 2. The summed E-state index contributed by atoms with van der Waals surface area (Å²) in [6, 6.07) is 14.7. The van der Waals surface area contributed by atoms with Crippen LogP contribution in [0.5, 0.6) is 11.5 Å². The minimum atomic E-state index is -1.08. The molecule has 2 aromatic rings. The van der Waals surface area contributed by atoms with E-state index in [0.29, 0.717) is 23.7 Å². The largest absolute Gasteiger partial charge is 0.490 e. The Morgan fingerprint density at radius 3 is 2.42 bits per heavy atom. The van der Waals surface area contributed by atoms with E-state index in [1.165, 1.54) is 0 Å². The van der Waals surface area contributed by atoms with E-state index in [9.17, 15) is 9.59 Å². The number of amides is 1. The van der Waals surface area contributed by atoms with Crippen molar-refractivity contribution >= 4 is 11.9 Å². The number of hydrogen-bond acceptors (Lipinski definition) is 4. The van der Waals surface area contributed by atoms with Crippen LogP contribution in [0.15, 0.2) is 48.5 Å². The fraction of sp³-hybridized carbons (Fsp3) is 0.300. The van der Waals surface area contributed by atoms with Crippen LogP contribution in [0.3, 0.4) is 0 Å². The number of nitrogens with one attached hydrogen (secondary N) is 1. The van der Waals surface area contributed by atoms with Crippen LogP contribution >= 0.6 is 0 Å². The molecule has 6 heteroatoms. The van der Waals surface area contributed by atoms with Crippen LogP contribution in [0, 0.1) is 0 Å². The number of ether oxygens (including phenoxy) is 2. The molecule has 0 atom stereocenters. The van der Waals surface area contributed by atoms with E-state index >= 15 is 0 Å². The highest BCUT2D eigenvalue weighted by Gasteiger charge is 2.45. The van der Waals surface area contributed by atoms with Gasteiger partial charge in [0.2, 0.25) is 0 Å². The number of aliphatic carboxylic acids is 1. The lowest BCUT2D eigenvalue weighted by Gasteiger charge is -2.19. The zero-order chi connectivity index (χ0) is 18.6. The summed E-state index contributed by atoms with van der Waals surface area (Å²) in [7, 11) is 0. The molecule has 1 aliphatic carbocycles. The Kier molecular flexibility index (Phi) is 5.11. The SMILES string of the molecule is CCOc1cc(C(=O)NC2(c3ccccc3)CC2)ccc1OCC(=O)O. The van der Waals surface area contributed by atoms with Crippen molar-refractivity contribution in [3.05, 3.63) is 59.7 Å². The number of hydrogen-bond donors (Lipinski definition) is 2. The van der Waals surface area contributed by atoms with Crippen LogP contribution in [0.2, 0.25) is 0 Å². The lowest BCUT2D eigenvalue weighted by molar-refractivity contribution is -0.139. The summed E-state index contributed by atoms with van der Waals surface area (Å²) in [6.07, 6.45) is 1.81. The molecule has 0 radical (unpaired) electrons. The predicted octanol–water partition coefficient (Wildman–Crippen LogP) is 2.97. The van der Waals surface area contributed by atoms with Gasteiger partial charge in [0.25, 0.3) is 5.91 Å². The fourth-order valence-electron chi connectivity index (χ4n) is 2.83. The maximum Gasteiger partial charge on any atom is 0.341 e. The quantitative estimate of drug-likeness (QED) is 0.760. The molecule has 1 aliphatic rings. The molecule has 2 N–H and O–H groups in total. The van der Waals surface area contributed by atoms with Gasteiger partial charge in [-0.1, -0.05) is 30.3 Å². The van der Waals surface area contributed by atoms with Crippen LogP contribution in [0.1, 0.15) is 35.7 Å². The van der Waals surface area contributed by atoms with Gasteiger partial charge in [-0.3, -0.25) is 4.79 Å². The van der Waals surface area contributed by atoms with Crippen molar-refractivity contribution in [2.75, 3.05) is 13.2 Å². The highest BCUT2D eigenvalue weighted by molar-refractivity contribution is 5.95. The lowest BCUT2D eigenvalue weighted by Crippen LogP contribution is -2.34. The van der Waals surface area contributed by atoms with Gasteiger partial charge in [0.1, 0.15) is 0 Å². The Morgan fingerprint density at radius 1 is 1.08 bits per heavy atom. The topological polar surface area (TPSA) is 84.9 Å². The Labute approximate surface area is 151 Å². The standard InChI is InChI=1S/C20H21NO5/c1-2-25-17-12-14(8-9-16(17)26-13-18(22)23)19(24)21-20(10-11-20)15-6-4-3-5-7-15/h3-9,12H,2,10-11,13H2,1H3,(H,21,24)(H,22,23). The van der Waals surface area contributed by atoms with Gasteiger partial charge in [-0.15, -0.1) is 0 Å². The van der Waals surface area contributed by atoms with E-state index in [1.807, 2.05) is 37.3 Å². The molecule has 0 aliphatic heterocycles. The summed E-state index contributed by atoms with van der Waals surface area (Å²) >= 11 is 0. The summed E-state index contributed by atoms with van der Waals surface area (Å²) in [6.45, 7) is 1.72. The van der Waals surface area contributed by atoms with Crippen LogP contribution < -0.4 is 14.8 Å². The van der Waals surface area contributed by atoms with Gasteiger partial charge in [-0.25, -0.2) is 4.79 Å². The smallest absolute Gasteiger partial charge is 0.341 e. The van der Waals surface area contributed by atoms with Crippen molar-refractivity contribution in [2.24, 2.45) is 0 Å². The average molecular weight is 355 g/mol. The maximum atomic E-state index is 12.7. The van der Waals surface area contributed by atoms with Crippen molar-refractivity contribution < 1.29 is 24.2 Å². The minimum absolute atomic E-state index is 0.197. The molecule has 1 fully saturated rings. The normalized spacial score (nSPS) is 14.3. The van der Waals surface area contributed by atoms with Crippen molar-refractivity contribution in [1.29, 1.82) is 0 Å². The molecule has 0 aromatic heterocycles. The number of rotatable bonds is 8. The Balaban J connectivity index is 1.77. The first kappa shape index (κ1) is 17.8. The van der Waals surface area contributed by atoms with E-state index in [4.69, 9.17) is 14.6 Å². The minimum Gasteiger partial charge on any atom is -0.490 e. The summed E-state index contributed by atoms with van der Waals surface area (Å²) in [4.78, 5) is 23.4. The number of carbonyl (C=O) groups excluding carboxylic acids is 1. The van der Waals surface area contributed by atoms with Gasteiger partial charge >= 0.3 is 5.97 Å². The second-order valence-corrected chi connectivity index (χ2v) is 6.18. The summed E-state index contributed by atoms with van der Waals surface area (Å²) in [5.41, 5.74) is 1.24. The summed E-state index contributed by atoms with van der Waals surface area (Å²) < 4.78 is 10.7.